The Balaban J connectivity index is 2.07. The first kappa shape index (κ1) is 18.9. The lowest BCUT2D eigenvalue weighted by Crippen LogP contribution is -2.33. The third kappa shape index (κ3) is 4.35. The summed E-state index contributed by atoms with van der Waals surface area (Å²) in [4.78, 5) is 35.6. The van der Waals surface area contributed by atoms with E-state index >= 15 is 0 Å². The number of carbonyl (C=O) groups excluding carboxylic acids is 2. The molecule has 1 atom stereocenters. The smallest absolute Gasteiger partial charge is 0.269 e. The van der Waals surface area contributed by atoms with Crippen LogP contribution in [0.1, 0.15) is 28.9 Å². The van der Waals surface area contributed by atoms with Gasteiger partial charge in [0.25, 0.3) is 17.5 Å². The average molecular weight is 357 g/mol. The first-order chi connectivity index (χ1) is 12.3. The van der Waals surface area contributed by atoms with Gasteiger partial charge in [0.1, 0.15) is 5.75 Å². The Hall–Kier alpha value is -3.42. The van der Waals surface area contributed by atoms with Crippen LogP contribution in [0.2, 0.25) is 0 Å². The molecule has 0 saturated carbocycles. The number of nitro benzene ring substituents is 1. The molecule has 0 bridgehead atoms. The zero-order chi connectivity index (χ0) is 19.3. The van der Waals surface area contributed by atoms with Crippen LogP contribution in [-0.4, -0.2) is 35.3 Å². The number of nitrogens with two attached hydrogens (primary N) is 1. The highest BCUT2D eigenvalue weighted by Gasteiger charge is 2.20. The molecule has 0 saturated heterocycles. The molecule has 0 unspecified atom stereocenters. The molecular formula is C18H19N3O5. The van der Waals surface area contributed by atoms with E-state index in [2.05, 4.69) is 0 Å². The van der Waals surface area contributed by atoms with Crippen LogP contribution in [0.25, 0.3) is 0 Å². The van der Waals surface area contributed by atoms with Crippen LogP contribution in [0.4, 0.5) is 5.69 Å². The van der Waals surface area contributed by atoms with E-state index in [9.17, 15) is 19.7 Å². The minimum absolute atomic E-state index is 0.0400. The second-order valence-corrected chi connectivity index (χ2v) is 5.68. The zero-order valence-corrected chi connectivity index (χ0v) is 14.4. The Morgan fingerprint density at radius 1 is 1.23 bits per heavy atom. The van der Waals surface area contributed by atoms with E-state index in [4.69, 9.17) is 10.5 Å². The molecule has 26 heavy (non-hydrogen) atoms. The van der Waals surface area contributed by atoms with Gasteiger partial charge in [-0.15, -0.1) is 0 Å². The topological polar surface area (TPSA) is 116 Å². The summed E-state index contributed by atoms with van der Waals surface area (Å²) in [5, 5.41) is 10.9. The van der Waals surface area contributed by atoms with Crippen LogP contribution in [0, 0.1) is 10.1 Å². The van der Waals surface area contributed by atoms with Crippen molar-refractivity contribution in [3.63, 3.8) is 0 Å². The second-order valence-electron chi connectivity index (χ2n) is 5.68. The molecule has 8 nitrogen and oxygen atoms in total. The van der Waals surface area contributed by atoms with E-state index in [-0.39, 0.29) is 29.5 Å². The number of amides is 2. The summed E-state index contributed by atoms with van der Waals surface area (Å²) in [6.45, 7) is 1.47. The molecule has 0 radical (unpaired) electrons. The van der Waals surface area contributed by atoms with E-state index in [1.807, 2.05) is 0 Å². The quantitative estimate of drug-likeness (QED) is 0.603. The summed E-state index contributed by atoms with van der Waals surface area (Å²) >= 11 is 0. The lowest BCUT2D eigenvalue weighted by Gasteiger charge is -2.25. The van der Waals surface area contributed by atoms with Crippen molar-refractivity contribution < 1.29 is 19.2 Å². The molecule has 0 fully saturated rings. The van der Waals surface area contributed by atoms with Crippen molar-refractivity contribution in [2.45, 2.75) is 13.0 Å². The van der Waals surface area contributed by atoms with Crippen LogP contribution in [0.3, 0.4) is 0 Å². The Labute approximate surface area is 150 Å². The van der Waals surface area contributed by atoms with Crippen LogP contribution >= 0.6 is 0 Å². The molecule has 136 valence electrons. The Morgan fingerprint density at radius 2 is 1.92 bits per heavy atom. The van der Waals surface area contributed by atoms with Gasteiger partial charge in [-0.3, -0.25) is 19.7 Å². The van der Waals surface area contributed by atoms with Gasteiger partial charge in [0, 0.05) is 19.2 Å². The lowest BCUT2D eigenvalue weighted by molar-refractivity contribution is -0.384. The molecular weight excluding hydrogens is 338 g/mol. The molecule has 0 aliphatic rings. The van der Waals surface area contributed by atoms with E-state index < -0.39 is 16.9 Å². The van der Waals surface area contributed by atoms with Gasteiger partial charge < -0.3 is 15.4 Å². The van der Waals surface area contributed by atoms with Crippen molar-refractivity contribution in [2.75, 3.05) is 13.7 Å². The van der Waals surface area contributed by atoms with Crippen LogP contribution < -0.4 is 10.5 Å². The number of carbonyl (C=O) groups is 2. The molecule has 0 spiro atoms. The van der Waals surface area contributed by atoms with Gasteiger partial charge in [-0.05, 0) is 24.6 Å². The molecule has 0 heterocycles. The Kier molecular flexibility index (Phi) is 5.90. The summed E-state index contributed by atoms with van der Waals surface area (Å²) in [6.07, 6.45) is 0. The number of nitro groups is 1. The molecule has 8 heteroatoms. The van der Waals surface area contributed by atoms with Gasteiger partial charge in [0.05, 0.1) is 16.5 Å². The highest BCUT2D eigenvalue weighted by molar-refractivity contribution is 5.95. The SMILES string of the molecule is C[C@@H](c1cccc([N+](=O)[O-])c1)N(C)C(=O)COc1ccccc1C(N)=O. The number of para-hydroxylation sites is 1. The number of likely N-dealkylation sites (N-methyl/N-ethyl adjacent to an activating group) is 1. The fourth-order valence-electron chi connectivity index (χ4n) is 2.38. The number of non-ortho nitro benzene ring substituents is 1. The third-order valence-corrected chi connectivity index (χ3v) is 4.04. The maximum atomic E-state index is 12.4. The minimum atomic E-state index is -0.647. The standard InChI is InChI=1S/C18H19N3O5/c1-12(13-6-5-7-14(10-13)21(24)25)20(2)17(22)11-26-16-9-4-3-8-15(16)18(19)23/h3-10,12H,11H2,1-2H3,(H2,19,23)/t12-/m0/s1. The van der Waals surface area contributed by atoms with Gasteiger partial charge >= 0.3 is 0 Å². The number of ether oxygens (including phenoxy) is 1. The number of nitrogens with zero attached hydrogens (tertiary/aromatic N) is 2. The fourth-order valence-corrected chi connectivity index (χ4v) is 2.38. The maximum absolute atomic E-state index is 12.4. The lowest BCUT2D eigenvalue weighted by atomic mass is 10.1. The van der Waals surface area contributed by atoms with Crippen molar-refractivity contribution in [1.82, 2.24) is 4.90 Å². The van der Waals surface area contributed by atoms with E-state index in [1.54, 1.807) is 44.3 Å². The normalized spacial score (nSPS) is 11.5. The molecule has 0 aliphatic carbocycles. The first-order valence-electron chi connectivity index (χ1n) is 7.83. The highest BCUT2D eigenvalue weighted by Crippen LogP contribution is 2.23. The summed E-state index contributed by atoms with van der Waals surface area (Å²) in [5.74, 6) is -0.764. The molecule has 2 aromatic carbocycles. The van der Waals surface area contributed by atoms with Gasteiger partial charge in [-0.25, -0.2) is 0 Å². The van der Waals surface area contributed by atoms with Gasteiger partial charge in [-0.2, -0.15) is 0 Å². The van der Waals surface area contributed by atoms with E-state index in [0.29, 0.717) is 5.56 Å². The van der Waals surface area contributed by atoms with Gasteiger partial charge in [-0.1, -0.05) is 24.3 Å². The zero-order valence-electron chi connectivity index (χ0n) is 14.4. The molecule has 0 aliphatic heterocycles. The second kappa shape index (κ2) is 8.11. The molecule has 2 rings (SSSR count). The predicted molar refractivity (Wildman–Crippen MR) is 94.7 cm³/mol. The minimum Gasteiger partial charge on any atom is -0.483 e. The summed E-state index contributed by atoms with van der Waals surface area (Å²) in [7, 11) is 1.58. The number of rotatable bonds is 7. The van der Waals surface area contributed by atoms with Gasteiger partial charge in [0.2, 0.25) is 0 Å². The number of primary amides is 1. The number of hydrogen-bond acceptors (Lipinski definition) is 5. The third-order valence-electron chi connectivity index (χ3n) is 4.04. The predicted octanol–water partition coefficient (Wildman–Crippen LogP) is 2.29. The van der Waals surface area contributed by atoms with Crippen molar-refractivity contribution >= 4 is 17.5 Å². The van der Waals surface area contributed by atoms with Crippen molar-refractivity contribution in [2.24, 2.45) is 5.73 Å². The average Bonchev–Trinajstić information content (AvgIpc) is 2.65. The van der Waals surface area contributed by atoms with Crippen molar-refractivity contribution in [1.29, 1.82) is 0 Å². The summed E-state index contributed by atoms with van der Waals surface area (Å²) in [6, 6.07) is 12.1. The van der Waals surface area contributed by atoms with Crippen molar-refractivity contribution in [3.05, 3.63) is 69.8 Å². The number of hydrogen-bond donors (Lipinski definition) is 1. The fraction of sp³-hybridized carbons (Fsp3) is 0.222. The Morgan fingerprint density at radius 3 is 2.58 bits per heavy atom. The van der Waals surface area contributed by atoms with Crippen LogP contribution in [0.5, 0.6) is 5.75 Å². The molecule has 2 amide bonds. The van der Waals surface area contributed by atoms with Crippen LogP contribution in [-0.2, 0) is 4.79 Å². The summed E-state index contributed by atoms with van der Waals surface area (Å²) in [5.41, 5.74) is 6.06. The molecule has 0 aromatic heterocycles. The van der Waals surface area contributed by atoms with Gasteiger partial charge in [0.15, 0.2) is 6.61 Å². The Bertz CT molecular complexity index is 837. The first-order valence-corrected chi connectivity index (χ1v) is 7.83. The van der Waals surface area contributed by atoms with E-state index in [1.165, 1.54) is 23.1 Å². The van der Waals surface area contributed by atoms with Crippen LogP contribution in [0.15, 0.2) is 48.5 Å². The monoisotopic (exact) mass is 357 g/mol. The van der Waals surface area contributed by atoms with Crippen molar-refractivity contribution in [3.8, 4) is 5.75 Å². The maximum Gasteiger partial charge on any atom is 0.269 e. The molecule has 2 N–H and O–H groups in total. The summed E-state index contributed by atoms with van der Waals surface area (Å²) < 4.78 is 5.43. The van der Waals surface area contributed by atoms with E-state index in [0.717, 1.165) is 0 Å². The highest BCUT2D eigenvalue weighted by atomic mass is 16.6. The largest absolute Gasteiger partial charge is 0.483 e. The number of benzene rings is 2. The molecule has 2 aromatic rings.